The number of carboxylic acids is 1. The number of nitrogens with zero attached hydrogens (tertiary/aromatic N) is 1. The number of fused-ring (bicyclic) bond motifs is 1. The van der Waals surface area contributed by atoms with Crippen LogP contribution >= 0.6 is 12.4 Å². The van der Waals surface area contributed by atoms with E-state index >= 15 is 0 Å². The minimum Gasteiger partial charge on any atom is -0.549 e. The standard InChI is InChI=1S/C27H31FN2O6.ClH/c1-16-22(25(31)34-4)23(21-7-5-6-19-15-35-36-24(19)21)27(26(32)33,17(2)29-16)12-13-30(3)14-18-8-10-20(28)11-9-18;/h5-11,17,23,29H,12-15H2,1-4H3,(H,32,33);1H/p-1. The zero-order valence-electron chi connectivity index (χ0n) is 21.2. The average Bonchev–Trinajstić information content (AvgIpc) is 3.33. The molecule has 0 spiro atoms. The fourth-order valence-electron chi connectivity index (χ4n) is 5.38. The van der Waals surface area contributed by atoms with Crippen LogP contribution in [0.3, 0.4) is 0 Å². The predicted molar refractivity (Wildman–Crippen MR) is 134 cm³/mol. The molecule has 0 saturated carbocycles. The lowest BCUT2D eigenvalue weighted by Gasteiger charge is -2.51. The van der Waals surface area contributed by atoms with E-state index in [1.807, 2.05) is 18.0 Å². The van der Waals surface area contributed by atoms with Crippen LogP contribution in [-0.2, 0) is 32.4 Å². The third kappa shape index (κ3) is 5.30. The predicted octanol–water partition coefficient (Wildman–Crippen LogP) is 2.85. The molecule has 2 heterocycles. The third-order valence-electron chi connectivity index (χ3n) is 7.27. The molecular weight excluding hydrogens is 503 g/mol. The SMILES string of the molecule is COC(=O)C1=C(C)NC(C)C(CCN(C)Cc2ccc(F)cc2)(C(=O)[O-])C1c1cccc2c1OOC2.Cl. The monoisotopic (exact) mass is 533 g/mol. The summed E-state index contributed by atoms with van der Waals surface area (Å²) in [5, 5.41) is 16.3. The van der Waals surface area contributed by atoms with Gasteiger partial charge in [0.15, 0.2) is 5.75 Å². The Morgan fingerprint density at radius 2 is 1.95 bits per heavy atom. The van der Waals surface area contributed by atoms with Gasteiger partial charge in [0, 0.05) is 40.7 Å². The Balaban J connectivity index is 0.00000380. The Morgan fingerprint density at radius 1 is 1.24 bits per heavy atom. The maximum absolute atomic E-state index is 13.3. The second kappa shape index (κ2) is 11.5. The Kier molecular flexibility index (Phi) is 8.84. The van der Waals surface area contributed by atoms with Gasteiger partial charge < -0.3 is 29.7 Å². The van der Waals surface area contributed by atoms with Crippen LogP contribution in [0, 0.1) is 11.2 Å². The molecule has 0 bridgehead atoms. The molecule has 10 heteroatoms. The van der Waals surface area contributed by atoms with E-state index in [0.717, 1.165) is 11.1 Å². The molecule has 8 nitrogen and oxygen atoms in total. The van der Waals surface area contributed by atoms with Gasteiger partial charge in [0.05, 0.1) is 18.7 Å². The van der Waals surface area contributed by atoms with E-state index in [0.29, 0.717) is 30.1 Å². The molecule has 2 aromatic rings. The van der Waals surface area contributed by atoms with Crippen LogP contribution in [-0.4, -0.2) is 43.6 Å². The van der Waals surface area contributed by atoms with Crippen LogP contribution in [0.5, 0.6) is 5.75 Å². The van der Waals surface area contributed by atoms with Gasteiger partial charge in [-0.2, -0.15) is 4.89 Å². The Hall–Kier alpha value is -3.14. The number of carbonyl (C=O) groups excluding carboxylic acids is 2. The topological polar surface area (TPSA) is 100 Å². The van der Waals surface area contributed by atoms with E-state index in [1.54, 1.807) is 38.1 Å². The number of para-hydroxylation sites is 1. The van der Waals surface area contributed by atoms with Gasteiger partial charge in [0.25, 0.3) is 0 Å². The highest BCUT2D eigenvalue weighted by molar-refractivity contribution is 5.94. The number of carboxylic acid groups (broad SMARTS) is 1. The summed E-state index contributed by atoms with van der Waals surface area (Å²) in [7, 11) is 3.13. The van der Waals surface area contributed by atoms with Gasteiger partial charge in [-0.05, 0) is 51.6 Å². The van der Waals surface area contributed by atoms with Gasteiger partial charge in [-0.3, -0.25) is 0 Å². The molecule has 3 unspecified atom stereocenters. The van der Waals surface area contributed by atoms with E-state index < -0.39 is 29.3 Å². The molecular formula is C27H31ClFN2O6-. The molecule has 0 fully saturated rings. The first-order chi connectivity index (χ1) is 17.2. The molecule has 2 aliphatic rings. The number of ether oxygens (including phenoxy) is 1. The summed E-state index contributed by atoms with van der Waals surface area (Å²) in [4.78, 5) is 38.7. The molecule has 2 aliphatic heterocycles. The molecule has 4 rings (SSSR count). The minimum absolute atomic E-state index is 0. The minimum atomic E-state index is -1.53. The van der Waals surface area contributed by atoms with Crippen molar-refractivity contribution in [2.45, 2.75) is 45.4 Å². The molecule has 0 radical (unpaired) electrons. The van der Waals surface area contributed by atoms with Gasteiger partial charge in [-0.25, -0.2) is 9.18 Å². The molecule has 200 valence electrons. The summed E-state index contributed by atoms with van der Waals surface area (Å²) in [6.45, 7) is 4.59. The zero-order chi connectivity index (χ0) is 26.0. The molecule has 37 heavy (non-hydrogen) atoms. The number of halogens is 2. The Bertz CT molecular complexity index is 1190. The van der Waals surface area contributed by atoms with Crippen molar-refractivity contribution in [1.29, 1.82) is 0 Å². The number of hydrogen-bond donors (Lipinski definition) is 1. The van der Waals surface area contributed by atoms with Crippen LogP contribution in [0.1, 0.15) is 42.9 Å². The van der Waals surface area contributed by atoms with E-state index in [-0.39, 0.29) is 36.8 Å². The van der Waals surface area contributed by atoms with Gasteiger partial charge in [-0.15, -0.1) is 12.4 Å². The molecule has 0 aromatic heterocycles. The summed E-state index contributed by atoms with van der Waals surface area (Å²) >= 11 is 0. The van der Waals surface area contributed by atoms with Crippen LogP contribution in [0.25, 0.3) is 0 Å². The first kappa shape index (κ1) is 28.4. The average molecular weight is 534 g/mol. The zero-order valence-corrected chi connectivity index (χ0v) is 22.0. The Morgan fingerprint density at radius 3 is 2.59 bits per heavy atom. The highest BCUT2D eigenvalue weighted by Crippen LogP contribution is 2.53. The smallest absolute Gasteiger partial charge is 0.336 e. The fraction of sp³-hybridized carbons (Fsp3) is 0.407. The van der Waals surface area contributed by atoms with E-state index in [9.17, 15) is 19.1 Å². The normalized spacial score (nSPS) is 22.5. The first-order valence-corrected chi connectivity index (χ1v) is 11.8. The number of nitrogens with one attached hydrogen (secondary N) is 1. The van der Waals surface area contributed by atoms with Gasteiger partial charge >= 0.3 is 5.97 Å². The second-order valence-electron chi connectivity index (χ2n) is 9.45. The third-order valence-corrected chi connectivity index (χ3v) is 7.27. The lowest BCUT2D eigenvalue weighted by Crippen LogP contribution is -2.61. The maximum Gasteiger partial charge on any atom is 0.336 e. The lowest BCUT2D eigenvalue weighted by atomic mass is 9.60. The summed E-state index contributed by atoms with van der Waals surface area (Å²) in [6.07, 6.45) is 0.157. The number of allylic oxidation sites excluding steroid dienone is 1. The fourth-order valence-corrected chi connectivity index (χ4v) is 5.38. The first-order valence-electron chi connectivity index (χ1n) is 11.8. The quantitative estimate of drug-likeness (QED) is 0.408. The van der Waals surface area contributed by atoms with Crippen molar-refractivity contribution >= 4 is 24.3 Å². The number of hydrogen-bond acceptors (Lipinski definition) is 8. The van der Waals surface area contributed by atoms with Crippen LogP contribution in [0.4, 0.5) is 4.39 Å². The molecule has 0 saturated heterocycles. The Labute approximate surface area is 221 Å². The molecule has 0 amide bonds. The van der Waals surface area contributed by atoms with Gasteiger partial charge in [-0.1, -0.05) is 30.3 Å². The van der Waals surface area contributed by atoms with Crippen molar-refractivity contribution < 1.29 is 33.6 Å². The van der Waals surface area contributed by atoms with E-state index in [4.69, 9.17) is 14.5 Å². The number of rotatable bonds is 8. The van der Waals surface area contributed by atoms with Crippen molar-refractivity contribution in [2.24, 2.45) is 5.41 Å². The van der Waals surface area contributed by atoms with Crippen LogP contribution in [0.2, 0.25) is 0 Å². The highest BCUT2D eigenvalue weighted by atomic mass is 35.5. The van der Waals surface area contributed by atoms with Crippen molar-refractivity contribution in [2.75, 3.05) is 20.7 Å². The molecule has 3 atom stereocenters. The summed E-state index contributed by atoms with van der Waals surface area (Å²) in [5.74, 6) is -2.73. The number of aliphatic carboxylic acids is 1. The number of esters is 1. The maximum atomic E-state index is 13.3. The van der Waals surface area contributed by atoms with Crippen molar-refractivity contribution in [3.05, 3.63) is 76.2 Å². The molecule has 1 N–H and O–H groups in total. The summed E-state index contributed by atoms with van der Waals surface area (Å²) < 4.78 is 18.4. The highest BCUT2D eigenvalue weighted by Gasteiger charge is 2.53. The number of methoxy groups -OCH3 is 1. The van der Waals surface area contributed by atoms with Crippen molar-refractivity contribution in [3.8, 4) is 5.75 Å². The van der Waals surface area contributed by atoms with Crippen molar-refractivity contribution in [3.63, 3.8) is 0 Å². The summed E-state index contributed by atoms with van der Waals surface area (Å²) in [6, 6.07) is 11.0. The van der Waals surface area contributed by atoms with Gasteiger partial charge in [0.2, 0.25) is 0 Å². The summed E-state index contributed by atoms with van der Waals surface area (Å²) in [5.41, 5.74) is 1.41. The van der Waals surface area contributed by atoms with E-state index in [2.05, 4.69) is 5.32 Å². The van der Waals surface area contributed by atoms with Gasteiger partial charge in [0.1, 0.15) is 12.4 Å². The number of carbonyl (C=O) groups is 2. The largest absolute Gasteiger partial charge is 0.549 e. The second-order valence-corrected chi connectivity index (χ2v) is 9.45. The van der Waals surface area contributed by atoms with Crippen LogP contribution in [0.15, 0.2) is 53.7 Å². The lowest BCUT2D eigenvalue weighted by molar-refractivity contribution is -0.322. The molecule has 2 aromatic carbocycles. The van der Waals surface area contributed by atoms with E-state index in [1.165, 1.54) is 19.2 Å². The van der Waals surface area contributed by atoms with Crippen molar-refractivity contribution in [1.82, 2.24) is 10.2 Å². The number of benzene rings is 2. The molecule has 0 aliphatic carbocycles. The van der Waals surface area contributed by atoms with Crippen LogP contribution < -0.4 is 15.3 Å².